The summed E-state index contributed by atoms with van der Waals surface area (Å²) in [6, 6.07) is 0.322. The third kappa shape index (κ3) is 1.71. The molecule has 0 aromatic carbocycles. The first-order valence-electron chi connectivity index (χ1n) is 5.12. The number of H-pyrrole nitrogens is 1. The predicted octanol–water partition coefficient (Wildman–Crippen LogP) is 1.56. The normalized spacial score (nSPS) is 17.7. The Labute approximate surface area is 99.8 Å². The van der Waals surface area contributed by atoms with Gasteiger partial charge >= 0.3 is 0 Å². The smallest absolute Gasteiger partial charge is 0.195 e. The third-order valence-electron chi connectivity index (χ3n) is 3.08. The minimum absolute atomic E-state index is 0.322. The summed E-state index contributed by atoms with van der Waals surface area (Å²) in [5.41, 5.74) is 0. The molecule has 90 valence electrons. The molecule has 16 heavy (non-hydrogen) atoms. The fraction of sp³-hybridized carbons (Fsp3) is 0.778. The zero-order chi connectivity index (χ0) is 12.1. The van der Waals surface area contributed by atoms with Crippen LogP contribution in [-0.2, 0) is 14.6 Å². The Morgan fingerprint density at radius 1 is 1.50 bits per heavy atom. The van der Waals surface area contributed by atoms with Gasteiger partial charge in [0.25, 0.3) is 0 Å². The quantitative estimate of drug-likeness (QED) is 0.838. The van der Waals surface area contributed by atoms with Crippen molar-refractivity contribution >= 4 is 22.1 Å². The Morgan fingerprint density at radius 2 is 2.06 bits per heavy atom. The first-order valence-corrected chi connectivity index (χ1v) is 7.42. The lowest BCUT2D eigenvalue weighted by Gasteiger charge is -2.22. The van der Waals surface area contributed by atoms with Gasteiger partial charge in [-0.3, -0.25) is 9.67 Å². The summed E-state index contributed by atoms with van der Waals surface area (Å²) in [6.07, 6.45) is 3.31. The summed E-state index contributed by atoms with van der Waals surface area (Å²) in [5.74, 6) is 0.516. The number of aromatic nitrogens is 3. The van der Waals surface area contributed by atoms with E-state index < -0.39 is 14.6 Å². The van der Waals surface area contributed by atoms with Crippen LogP contribution < -0.4 is 0 Å². The molecule has 0 unspecified atom stereocenters. The van der Waals surface area contributed by atoms with Crippen LogP contribution in [0.25, 0.3) is 0 Å². The van der Waals surface area contributed by atoms with E-state index in [1.807, 2.05) is 4.57 Å². The van der Waals surface area contributed by atoms with Crippen LogP contribution in [0.3, 0.4) is 0 Å². The monoisotopic (exact) mass is 261 g/mol. The molecule has 1 aliphatic rings. The Kier molecular flexibility index (Phi) is 2.50. The van der Waals surface area contributed by atoms with E-state index >= 15 is 0 Å². The van der Waals surface area contributed by atoms with Gasteiger partial charge in [0.15, 0.2) is 20.4 Å². The fourth-order valence-electron chi connectivity index (χ4n) is 1.57. The van der Waals surface area contributed by atoms with Crippen LogP contribution in [0.2, 0.25) is 0 Å². The minimum atomic E-state index is -3.22. The Bertz CT molecular complexity index is 564. The van der Waals surface area contributed by atoms with Crippen molar-refractivity contribution in [1.82, 2.24) is 14.8 Å². The zero-order valence-electron chi connectivity index (χ0n) is 9.52. The maximum Gasteiger partial charge on any atom is 0.195 e. The molecule has 1 fully saturated rings. The molecular weight excluding hydrogens is 246 g/mol. The van der Waals surface area contributed by atoms with Crippen LogP contribution in [-0.4, -0.2) is 29.4 Å². The molecule has 1 N–H and O–H groups in total. The van der Waals surface area contributed by atoms with Crippen LogP contribution in [0.1, 0.15) is 38.6 Å². The molecule has 0 atom stereocenters. The Morgan fingerprint density at radius 3 is 2.50 bits per heavy atom. The molecule has 1 saturated carbocycles. The van der Waals surface area contributed by atoms with Crippen LogP contribution >= 0.6 is 12.2 Å². The van der Waals surface area contributed by atoms with Crippen molar-refractivity contribution < 1.29 is 8.42 Å². The van der Waals surface area contributed by atoms with E-state index in [-0.39, 0.29) is 0 Å². The summed E-state index contributed by atoms with van der Waals surface area (Å²) in [4.78, 5) is 0. The summed E-state index contributed by atoms with van der Waals surface area (Å²) in [5, 5.41) is 6.77. The van der Waals surface area contributed by atoms with Gasteiger partial charge in [0.2, 0.25) is 0 Å². The van der Waals surface area contributed by atoms with Gasteiger partial charge in [0.1, 0.15) is 4.75 Å². The Hall–Kier alpha value is -0.690. The van der Waals surface area contributed by atoms with Crippen LogP contribution in [0.5, 0.6) is 0 Å². The van der Waals surface area contributed by atoms with E-state index in [0.29, 0.717) is 16.6 Å². The topological polar surface area (TPSA) is 67.8 Å². The first-order chi connectivity index (χ1) is 7.25. The maximum atomic E-state index is 11.8. The van der Waals surface area contributed by atoms with Gasteiger partial charge in [-0.25, -0.2) is 8.42 Å². The van der Waals surface area contributed by atoms with Crippen molar-refractivity contribution in [3.63, 3.8) is 0 Å². The van der Waals surface area contributed by atoms with Gasteiger partial charge < -0.3 is 0 Å². The second-order valence-electron chi connectivity index (χ2n) is 4.74. The standard InChI is InChI=1S/C9H15N3O2S2/c1-9(2,16(3,13)14)7-10-11-8(15)12(7)6-4-5-6/h6H,4-5H2,1-3H3,(H,11,15). The molecule has 0 bridgehead atoms. The largest absolute Gasteiger partial charge is 0.300 e. The van der Waals surface area contributed by atoms with E-state index in [1.165, 1.54) is 6.26 Å². The van der Waals surface area contributed by atoms with Crippen molar-refractivity contribution in [2.45, 2.75) is 37.5 Å². The highest BCUT2D eigenvalue weighted by Crippen LogP contribution is 2.39. The second-order valence-corrected chi connectivity index (χ2v) is 7.69. The fourth-order valence-corrected chi connectivity index (χ4v) is 2.32. The number of aromatic amines is 1. The summed E-state index contributed by atoms with van der Waals surface area (Å²) in [6.45, 7) is 3.32. The van der Waals surface area contributed by atoms with Crippen LogP contribution in [0.15, 0.2) is 0 Å². The molecule has 7 heteroatoms. The molecule has 0 spiro atoms. The molecule has 1 aromatic rings. The van der Waals surface area contributed by atoms with Gasteiger partial charge in [-0.15, -0.1) is 0 Å². The average molecular weight is 261 g/mol. The number of hydrogen-bond acceptors (Lipinski definition) is 4. The van der Waals surface area contributed by atoms with Crippen LogP contribution in [0.4, 0.5) is 0 Å². The lowest BCUT2D eigenvalue weighted by molar-refractivity contribution is 0.529. The van der Waals surface area contributed by atoms with E-state index in [0.717, 1.165) is 12.8 Å². The van der Waals surface area contributed by atoms with E-state index in [2.05, 4.69) is 10.2 Å². The molecule has 0 amide bonds. The van der Waals surface area contributed by atoms with Gasteiger partial charge in [-0.1, -0.05) is 0 Å². The van der Waals surface area contributed by atoms with E-state index in [9.17, 15) is 8.42 Å². The lowest BCUT2D eigenvalue weighted by atomic mass is 10.2. The molecule has 0 saturated heterocycles. The second kappa shape index (κ2) is 3.40. The number of hydrogen-bond donors (Lipinski definition) is 1. The molecule has 1 heterocycles. The average Bonchev–Trinajstić information content (AvgIpc) is 2.88. The maximum absolute atomic E-state index is 11.8. The van der Waals surface area contributed by atoms with Crippen molar-refractivity contribution in [3.8, 4) is 0 Å². The number of sulfone groups is 1. The summed E-state index contributed by atoms with van der Waals surface area (Å²) < 4.78 is 24.9. The highest BCUT2D eigenvalue weighted by molar-refractivity contribution is 7.91. The SMILES string of the molecule is CC(C)(c1n[nH]c(=S)n1C1CC1)S(C)(=O)=O. The Balaban J connectivity index is 2.61. The number of nitrogens with zero attached hydrogens (tertiary/aromatic N) is 2. The first kappa shape index (κ1) is 11.8. The molecule has 5 nitrogen and oxygen atoms in total. The number of rotatable bonds is 3. The third-order valence-corrected chi connectivity index (χ3v) is 5.41. The minimum Gasteiger partial charge on any atom is -0.300 e. The van der Waals surface area contributed by atoms with Gasteiger partial charge in [0, 0.05) is 12.3 Å². The van der Waals surface area contributed by atoms with E-state index in [1.54, 1.807) is 13.8 Å². The molecule has 2 rings (SSSR count). The zero-order valence-corrected chi connectivity index (χ0v) is 11.2. The highest BCUT2D eigenvalue weighted by Gasteiger charge is 2.40. The predicted molar refractivity (Wildman–Crippen MR) is 63.6 cm³/mol. The van der Waals surface area contributed by atoms with Crippen molar-refractivity contribution in [2.24, 2.45) is 0 Å². The number of nitrogens with one attached hydrogen (secondary N) is 1. The van der Waals surface area contributed by atoms with Gasteiger partial charge in [-0.05, 0) is 38.9 Å². The van der Waals surface area contributed by atoms with Crippen molar-refractivity contribution in [1.29, 1.82) is 0 Å². The van der Waals surface area contributed by atoms with Crippen LogP contribution in [0, 0.1) is 4.77 Å². The molecular formula is C9H15N3O2S2. The summed E-state index contributed by atoms with van der Waals surface area (Å²) >= 11 is 5.13. The van der Waals surface area contributed by atoms with Gasteiger partial charge in [-0.2, -0.15) is 5.10 Å². The highest BCUT2D eigenvalue weighted by atomic mass is 32.2. The lowest BCUT2D eigenvalue weighted by Crippen LogP contribution is -2.31. The van der Waals surface area contributed by atoms with E-state index in [4.69, 9.17) is 12.2 Å². The summed E-state index contributed by atoms with van der Waals surface area (Å²) in [7, 11) is -3.22. The molecule has 0 aliphatic heterocycles. The molecule has 1 aromatic heterocycles. The van der Waals surface area contributed by atoms with Crippen molar-refractivity contribution in [3.05, 3.63) is 10.6 Å². The van der Waals surface area contributed by atoms with Crippen molar-refractivity contribution in [2.75, 3.05) is 6.26 Å². The molecule has 1 aliphatic carbocycles. The molecule has 0 radical (unpaired) electrons. The van der Waals surface area contributed by atoms with Gasteiger partial charge in [0.05, 0.1) is 0 Å².